The molecule has 1 aliphatic rings. The topological polar surface area (TPSA) is 72.4 Å². The van der Waals surface area contributed by atoms with Crippen molar-refractivity contribution in [1.82, 2.24) is 14.5 Å². The second-order valence-corrected chi connectivity index (χ2v) is 9.14. The molecule has 1 aromatic heterocycles. The van der Waals surface area contributed by atoms with Crippen LogP contribution in [0.1, 0.15) is 34.3 Å². The third kappa shape index (κ3) is 3.31. The van der Waals surface area contributed by atoms with Crippen LogP contribution in [0.15, 0.2) is 23.1 Å². The van der Waals surface area contributed by atoms with Gasteiger partial charge in [-0.2, -0.15) is 4.31 Å². The van der Waals surface area contributed by atoms with Gasteiger partial charge in [-0.3, -0.25) is 0 Å². The summed E-state index contributed by atoms with van der Waals surface area (Å²) in [6, 6.07) is 5.23. The summed E-state index contributed by atoms with van der Waals surface area (Å²) in [4.78, 5) is 0.235. The van der Waals surface area contributed by atoms with E-state index in [2.05, 4.69) is 10.2 Å². The number of hydrogen-bond acceptors (Lipinski definition) is 6. The van der Waals surface area contributed by atoms with E-state index in [9.17, 15) is 8.42 Å². The third-order valence-electron chi connectivity index (χ3n) is 4.21. The summed E-state index contributed by atoms with van der Waals surface area (Å²) in [6.07, 6.45) is 1.75. The molecule has 0 N–H and O–H groups in total. The molecule has 0 aliphatic carbocycles. The molecule has 0 amide bonds. The van der Waals surface area contributed by atoms with Crippen LogP contribution in [-0.4, -0.2) is 43.1 Å². The Balaban J connectivity index is 1.91. The lowest BCUT2D eigenvalue weighted by molar-refractivity contribution is 0.312. The predicted octanol–water partition coefficient (Wildman–Crippen LogP) is 2.73. The lowest BCUT2D eigenvalue weighted by Crippen LogP contribution is -2.39. The van der Waals surface area contributed by atoms with Gasteiger partial charge >= 0.3 is 0 Å². The predicted molar refractivity (Wildman–Crippen MR) is 93.1 cm³/mol. The number of methoxy groups -OCH3 is 1. The highest BCUT2D eigenvalue weighted by molar-refractivity contribution is 7.89. The Bertz CT molecular complexity index is 833. The van der Waals surface area contributed by atoms with Gasteiger partial charge < -0.3 is 4.74 Å². The molecule has 1 atom stereocenters. The summed E-state index contributed by atoms with van der Waals surface area (Å²) < 4.78 is 33.0. The fraction of sp³-hybridized carbons (Fsp3) is 0.500. The number of rotatable bonds is 4. The zero-order valence-corrected chi connectivity index (χ0v) is 15.7. The van der Waals surface area contributed by atoms with Gasteiger partial charge in [-0.25, -0.2) is 8.42 Å². The first-order valence-corrected chi connectivity index (χ1v) is 10.1. The van der Waals surface area contributed by atoms with Gasteiger partial charge in [-0.1, -0.05) is 6.07 Å². The summed E-state index contributed by atoms with van der Waals surface area (Å²) in [5.41, 5.74) is 0.891. The highest BCUT2D eigenvalue weighted by Gasteiger charge is 2.34. The molecule has 8 heteroatoms. The zero-order chi connectivity index (χ0) is 17.3. The van der Waals surface area contributed by atoms with Crippen molar-refractivity contribution < 1.29 is 13.2 Å². The monoisotopic (exact) mass is 367 g/mol. The highest BCUT2D eigenvalue weighted by atomic mass is 32.2. The quantitative estimate of drug-likeness (QED) is 0.831. The van der Waals surface area contributed by atoms with Crippen LogP contribution in [0.25, 0.3) is 0 Å². The molecule has 1 aliphatic heterocycles. The fourth-order valence-electron chi connectivity index (χ4n) is 2.96. The summed E-state index contributed by atoms with van der Waals surface area (Å²) in [6.45, 7) is 4.75. The molecular formula is C16H21N3O3S2. The first kappa shape index (κ1) is 17.3. The normalized spacial score (nSPS) is 19.4. The Hall–Kier alpha value is -1.51. The summed E-state index contributed by atoms with van der Waals surface area (Å²) >= 11 is 1.54. The van der Waals surface area contributed by atoms with Gasteiger partial charge in [0.2, 0.25) is 10.0 Å². The average molecular weight is 367 g/mol. The molecule has 1 saturated heterocycles. The molecule has 1 aromatic carbocycles. The number of benzene rings is 1. The first-order chi connectivity index (χ1) is 11.4. The minimum absolute atomic E-state index is 0.107. The Morgan fingerprint density at radius 2 is 2.08 bits per heavy atom. The van der Waals surface area contributed by atoms with E-state index in [-0.39, 0.29) is 10.8 Å². The molecular weight excluding hydrogens is 346 g/mol. The van der Waals surface area contributed by atoms with Gasteiger partial charge in [0.25, 0.3) is 0 Å². The molecule has 0 bridgehead atoms. The Kier molecular flexibility index (Phi) is 4.89. The lowest BCUT2D eigenvalue weighted by atomic mass is 10.0. The van der Waals surface area contributed by atoms with Gasteiger partial charge in [0.05, 0.1) is 7.11 Å². The molecule has 0 radical (unpaired) electrons. The lowest BCUT2D eigenvalue weighted by Gasteiger charge is -2.31. The van der Waals surface area contributed by atoms with E-state index in [0.717, 1.165) is 28.4 Å². The number of nitrogens with zero attached hydrogens (tertiary/aromatic N) is 3. The molecule has 3 rings (SSSR count). The number of aromatic nitrogens is 2. The van der Waals surface area contributed by atoms with Crippen molar-refractivity contribution >= 4 is 21.4 Å². The maximum atomic E-state index is 13.1. The van der Waals surface area contributed by atoms with Crippen LogP contribution in [0.2, 0.25) is 0 Å². The van der Waals surface area contributed by atoms with Crippen LogP contribution in [0.4, 0.5) is 0 Å². The number of piperidine rings is 1. The average Bonchev–Trinajstić information content (AvgIpc) is 3.01. The molecule has 6 nitrogen and oxygen atoms in total. The van der Waals surface area contributed by atoms with Crippen molar-refractivity contribution in [3.8, 4) is 5.75 Å². The van der Waals surface area contributed by atoms with Crippen molar-refractivity contribution in [2.24, 2.45) is 0 Å². The maximum absolute atomic E-state index is 13.1. The van der Waals surface area contributed by atoms with Crippen LogP contribution in [-0.2, 0) is 10.0 Å². The van der Waals surface area contributed by atoms with Gasteiger partial charge in [-0.05, 0) is 44.4 Å². The molecule has 0 spiro atoms. The Morgan fingerprint density at radius 1 is 1.29 bits per heavy atom. The van der Waals surface area contributed by atoms with E-state index in [1.807, 2.05) is 19.9 Å². The highest BCUT2D eigenvalue weighted by Crippen LogP contribution is 2.34. The minimum Gasteiger partial charge on any atom is -0.495 e. The summed E-state index contributed by atoms with van der Waals surface area (Å²) in [5.74, 6) is 0.491. The van der Waals surface area contributed by atoms with Gasteiger partial charge in [0.15, 0.2) is 0 Å². The smallest absolute Gasteiger partial charge is 0.246 e. The third-order valence-corrected chi connectivity index (χ3v) is 7.10. The van der Waals surface area contributed by atoms with Crippen LogP contribution >= 0.6 is 11.3 Å². The van der Waals surface area contributed by atoms with E-state index in [1.165, 1.54) is 7.11 Å². The number of hydrogen-bond donors (Lipinski definition) is 0. The minimum atomic E-state index is -3.60. The van der Waals surface area contributed by atoms with Crippen LogP contribution in [0, 0.1) is 13.8 Å². The number of sulfonamides is 1. The van der Waals surface area contributed by atoms with Crippen molar-refractivity contribution in [3.05, 3.63) is 33.8 Å². The zero-order valence-electron chi connectivity index (χ0n) is 14.0. The Labute approximate surface area is 146 Å². The molecule has 130 valence electrons. The summed E-state index contributed by atoms with van der Waals surface area (Å²) in [7, 11) is -2.10. The van der Waals surface area contributed by atoms with Crippen molar-refractivity contribution in [2.75, 3.05) is 20.2 Å². The van der Waals surface area contributed by atoms with Crippen molar-refractivity contribution in [1.29, 1.82) is 0 Å². The second kappa shape index (κ2) is 6.78. The van der Waals surface area contributed by atoms with Crippen LogP contribution in [0.3, 0.4) is 0 Å². The molecule has 1 fully saturated rings. The second-order valence-electron chi connectivity index (χ2n) is 6.02. The fourth-order valence-corrected chi connectivity index (χ4v) is 5.55. The SMILES string of the molecule is COc1ccc(C)cc1S(=O)(=O)N1CCC[C@H](c2nnc(C)s2)C1. The van der Waals surface area contributed by atoms with Crippen LogP contribution in [0.5, 0.6) is 5.75 Å². The maximum Gasteiger partial charge on any atom is 0.246 e. The van der Waals surface area contributed by atoms with E-state index >= 15 is 0 Å². The molecule has 24 heavy (non-hydrogen) atoms. The van der Waals surface area contributed by atoms with Crippen LogP contribution < -0.4 is 4.74 Å². The molecule has 2 heterocycles. The van der Waals surface area contributed by atoms with Crippen molar-refractivity contribution in [3.63, 3.8) is 0 Å². The number of aryl methyl sites for hydroxylation is 2. The van der Waals surface area contributed by atoms with Crippen molar-refractivity contribution in [2.45, 2.75) is 37.5 Å². The molecule has 2 aromatic rings. The van der Waals surface area contributed by atoms with E-state index < -0.39 is 10.0 Å². The molecule has 0 unspecified atom stereocenters. The largest absolute Gasteiger partial charge is 0.495 e. The standard InChI is InChI=1S/C16H21N3O3S2/c1-11-6-7-14(22-3)15(9-11)24(20,21)19-8-4-5-13(10-19)16-18-17-12(2)23-16/h6-7,9,13H,4-5,8,10H2,1-3H3/t13-/m0/s1. The van der Waals surface area contributed by atoms with E-state index in [1.54, 1.807) is 27.8 Å². The van der Waals surface area contributed by atoms with E-state index in [4.69, 9.17) is 4.74 Å². The van der Waals surface area contributed by atoms with Gasteiger partial charge in [0, 0.05) is 19.0 Å². The molecule has 0 saturated carbocycles. The van der Waals surface area contributed by atoms with Gasteiger partial charge in [0.1, 0.15) is 20.7 Å². The van der Waals surface area contributed by atoms with E-state index in [0.29, 0.717) is 18.8 Å². The Morgan fingerprint density at radius 3 is 2.75 bits per heavy atom. The summed E-state index contributed by atoms with van der Waals surface area (Å²) in [5, 5.41) is 10.1. The van der Waals surface area contributed by atoms with Gasteiger partial charge in [-0.15, -0.1) is 21.5 Å². The first-order valence-electron chi connectivity index (χ1n) is 7.86. The number of ether oxygens (including phenoxy) is 1.